The molecule has 0 aromatic rings. The van der Waals surface area contributed by atoms with E-state index in [1.807, 2.05) is 0 Å². The molecule has 1 aliphatic rings. The van der Waals surface area contributed by atoms with Gasteiger partial charge in [0.1, 0.15) is 5.78 Å². The number of thioether (sulfide) groups is 1. The molecule has 0 bridgehead atoms. The zero-order valence-corrected chi connectivity index (χ0v) is 8.28. The van der Waals surface area contributed by atoms with Gasteiger partial charge in [-0.1, -0.05) is 20.8 Å². The van der Waals surface area contributed by atoms with Gasteiger partial charge in [0.2, 0.25) is 0 Å². The quantitative estimate of drug-likeness (QED) is 0.635. The van der Waals surface area contributed by atoms with E-state index in [0.29, 0.717) is 23.5 Å². The predicted octanol–water partition coefficient (Wildman–Crippen LogP) is 2.21. The number of carbonyl (C=O) groups is 1. The summed E-state index contributed by atoms with van der Waals surface area (Å²) in [5.74, 6) is 3.83. The minimum atomic E-state index is 0.347. The lowest BCUT2D eigenvalue weighted by Gasteiger charge is -2.20. The monoisotopic (exact) mass is 172 g/mol. The van der Waals surface area contributed by atoms with Crippen molar-refractivity contribution in [3.05, 3.63) is 0 Å². The normalized spacial score (nSPS) is 28.0. The number of carbonyl (C=O) groups excluding carboxylic acids is 1. The molecule has 0 amide bonds. The van der Waals surface area contributed by atoms with Gasteiger partial charge in [0.15, 0.2) is 0 Å². The third kappa shape index (κ3) is 1.98. The van der Waals surface area contributed by atoms with Crippen molar-refractivity contribution in [1.82, 2.24) is 0 Å². The van der Waals surface area contributed by atoms with E-state index in [9.17, 15) is 4.79 Å². The molecule has 1 fully saturated rings. The van der Waals surface area contributed by atoms with E-state index < -0.39 is 0 Å². The van der Waals surface area contributed by atoms with Crippen molar-refractivity contribution >= 4 is 17.5 Å². The average Bonchev–Trinajstić information content (AvgIpc) is 2.33. The Morgan fingerprint density at radius 1 is 1.45 bits per heavy atom. The summed E-state index contributed by atoms with van der Waals surface area (Å²) in [4.78, 5) is 11.3. The van der Waals surface area contributed by atoms with Gasteiger partial charge in [0, 0.05) is 11.7 Å². The Balaban J connectivity index is 2.52. The Bertz CT molecular complexity index is 154. The maximum atomic E-state index is 11.3. The van der Waals surface area contributed by atoms with Crippen LogP contribution in [0.3, 0.4) is 0 Å². The third-order valence-electron chi connectivity index (χ3n) is 2.64. The zero-order valence-electron chi connectivity index (χ0n) is 7.46. The first-order valence-electron chi connectivity index (χ1n) is 4.23. The van der Waals surface area contributed by atoms with Crippen LogP contribution in [0.1, 0.15) is 20.8 Å². The topological polar surface area (TPSA) is 17.1 Å². The van der Waals surface area contributed by atoms with E-state index in [1.165, 1.54) is 0 Å². The van der Waals surface area contributed by atoms with Crippen LogP contribution < -0.4 is 0 Å². The van der Waals surface area contributed by atoms with Crippen LogP contribution in [0.2, 0.25) is 0 Å². The molecule has 1 nitrogen and oxygen atoms in total. The molecule has 0 aromatic heterocycles. The van der Waals surface area contributed by atoms with Crippen LogP contribution in [-0.2, 0) is 4.79 Å². The van der Waals surface area contributed by atoms with Crippen LogP contribution in [0.25, 0.3) is 0 Å². The summed E-state index contributed by atoms with van der Waals surface area (Å²) in [5.41, 5.74) is 0. The van der Waals surface area contributed by atoms with Gasteiger partial charge in [-0.15, -0.1) is 0 Å². The second-order valence-electron chi connectivity index (χ2n) is 3.69. The molecule has 64 valence electrons. The molecule has 11 heavy (non-hydrogen) atoms. The van der Waals surface area contributed by atoms with Crippen molar-refractivity contribution in [3.8, 4) is 0 Å². The molecule has 0 radical (unpaired) electrons. The van der Waals surface area contributed by atoms with E-state index >= 15 is 0 Å². The van der Waals surface area contributed by atoms with Gasteiger partial charge in [0.25, 0.3) is 0 Å². The lowest BCUT2D eigenvalue weighted by molar-refractivity contribution is -0.120. The molecule has 0 aliphatic carbocycles. The van der Waals surface area contributed by atoms with Crippen LogP contribution in [0, 0.1) is 17.8 Å². The molecule has 1 heterocycles. The molecule has 2 unspecified atom stereocenters. The predicted molar refractivity (Wildman–Crippen MR) is 49.8 cm³/mol. The van der Waals surface area contributed by atoms with E-state index in [2.05, 4.69) is 20.8 Å². The average molecular weight is 172 g/mol. The second kappa shape index (κ2) is 3.61. The van der Waals surface area contributed by atoms with Gasteiger partial charge < -0.3 is 0 Å². The van der Waals surface area contributed by atoms with Crippen LogP contribution in [0.15, 0.2) is 0 Å². The minimum Gasteiger partial charge on any atom is -0.298 e. The first-order chi connectivity index (χ1) is 5.13. The Labute approximate surface area is 72.9 Å². The lowest BCUT2D eigenvalue weighted by atomic mass is 9.84. The fraction of sp³-hybridized carbons (Fsp3) is 0.889. The Morgan fingerprint density at radius 3 is 2.45 bits per heavy atom. The largest absolute Gasteiger partial charge is 0.298 e. The SMILES string of the molecule is CC(C)C(C)C1CSCC1=O. The standard InChI is InChI=1S/C9H16OS/c1-6(2)7(3)8-4-11-5-9(8)10/h6-8H,4-5H2,1-3H3. The molecule has 0 aromatic carbocycles. The van der Waals surface area contributed by atoms with Crippen LogP contribution >= 0.6 is 11.8 Å². The maximum absolute atomic E-state index is 11.3. The molecule has 0 N–H and O–H groups in total. The number of hydrogen-bond acceptors (Lipinski definition) is 2. The Kier molecular flexibility index (Phi) is 2.99. The van der Waals surface area contributed by atoms with Crippen LogP contribution in [-0.4, -0.2) is 17.3 Å². The van der Waals surface area contributed by atoms with Crippen molar-refractivity contribution in [2.45, 2.75) is 20.8 Å². The summed E-state index contributed by atoms with van der Waals surface area (Å²) in [6, 6.07) is 0. The summed E-state index contributed by atoms with van der Waals surface area (Å²) in [5, 5.41) is 0. The van der Waals surface area contributed by atoms with Crippen LogP contribution in [0.5, 0.6) is 0 Å². The van der Waals surface area contributed by atoms with Gasteiger partial charge in [-0.3, -0.25) is 4.79 Å². The van der Waals surface area contributed by atoms with Gasteiger partial charge in [-0.2, -0.15) is 11.8 Å². The molecule has 0 saturated carbocycles. The summed E-state index contributed by atoms with van der Waals surface area (Å²) in [7, 11) is 0. The molecule has 1 rings (SSSR count). The highest BCUT2D eigenvalue weighted by atomic mass is 32.2. The smallest absolute Gasteiger partial charge is 0.146 e. The minimum absolute atomic E-state index is 0.347. The molecule has 1 aliphatic heterocycles. The zero-order chi connectivity index (χ0) is 8.43. The van der Waals surface area contributed by atoms with Gasteiger partial charge >= 0.3 is 0 Å². The van der Waals surface area contributed by atoms with Crippen molar-refractivity contribution in [2.75, 3.05) is 11.5 Å². The number of rotatable bonds is 2. The summed E-state index contributed by atoms with van der Waals surface area (Å²) in [6.45, 7) is 6.58. The first-order valence-corrected chi connectivity index (χ1v) is 5.39. The molecule has 1 saturated heterocycles. The summed E-state index contributed by atoms with van der Waals surface area (Å²) >= 11 is 1.79. The maximum Gasteiger partial charge on any atom is 0.146 e. The summed E-state index contributed by atoms with van der Waals surface area (Å²) < 4.78 is 0. The fourth-order valence-electron chi connectivity index (χ4n) is 1.40. The van der Waals surface area contributed by atoms with Gasteiger partial charge in [0.05, 0.1) is 5.75 Å². The van der Waals surface area contributed by atoms with Crippen molar-refractivity contribution in [2.24, 2.45) is 17.8 Å². The lowest BCUT2D eigenvalue weighted by Crippen LogP contribution is -2.23. The number of ketones is 1. The Hall–Kier alpha value is 0.0200. The van der Waals surface area contributed by atoms with E-state index in [-0.39, 0.29) is 0 Å². The Morgan fingerprint density at radius 2 is 2.09 bits per heavy atom. The number of hydrogen-bond donors (Lipinski definition) is 0. The third-order valence-corrected chi connectivity index (χ3v) is 3.72. The van der Waals surface area contributed by atoms with Crippen molar-refractivity contribution < 1.29 is 4.79 Å². The summed E-state index contributed by atoms with van der Waals surface area (Å²) in [6.07, 6.45) is 0. The van der Waals surface area contributed by atoms with E-state index in [4.69, 9.17) is 0 Å². The van der Waals surface area contributed by atoms with Crippen molar-refractivity contribution in [3.63, 3.8) is 0 Å². The fourth-order valence-corrected chi connectivity index (χ4v) is 2.67. The number of Topliss-reactive ketones (excluding diaryl/α,β-unsaturated/α-hetero) is 1. The molecule has 0 spiro atoms. The van der Waals surface area contributed by atoms with E-state index in [0.717, 1.165) is 11.5 Å². The highest BCUT2D eigenvalue weighted by Gasteiger charge is 2.31. The van der Waals surface area contributed by atoms with E-state index in [1.54, 1.807) is 11.8 Å². The van der Waals surface area contributed by atoms with Crippen LogP contribution in [0.4, 0.5) is 0 Å². The van der Waals surface area contributed by atoms with Gasteiger partial charge in [-0.05, 0) is 11.8 Å². The molecule has 2 atom stereocenters. The molecule has 2 heteroatoms. The highest BCUT2D eigenvalue weighted by molar-refractivity contribution is 8.00. The second-order valence-corrected chi connectivity index (χ2v) is 4.72. The van der Waals surface area contributed by atoms with Gasteiger partial charge in [-0.25, -0.2) is 0 Å². The molecular formula is C9H16OS. The van der Waals surface area contributed by atoms with Crippen molar-refractivity contribution in [1.29, 1.82) is 0 Å². The highest BCUT2D eigenvalue weighted by Crippen LogP contribution is 2.30. The first kappa shape index (κ1) is 9.11. The molecular weight excluding hydrogens is 156 g/mol.